The summed E-state index contributed by atoms with van der Waals surface area (Å²) in [6, 6.07) is 0. The summed E-state index contributed by atoms with van der Waals surface area (Å²) in [6.07, 6.45) is 5.13. The molecule has 0 bridgehead atoms. The highest BCUT2D eigenvalue weighted by Crippen LogP contribution is 2.32. The highest BCUT2D eigenvalue weighted by Gasteiger charge is 2.29. The summed E-state index contributed by atoms with van der Waals surface area (Å²) >= 11 is 5.83. The first-order valence-electron chi connectivity index (χ1n) is 4.32. The monoisotopic (exact) mass is 216 g/mol. The van der Waals surface area contributed by atoms with E-state index in [9.17, 15) is 4.79 Å². The van der Waals surface area contributed by atoms with E-state index in [1.807, 2.05) is 19.9 Å². The van der Waals surface area contributed by atoms with Crippen molar-refractivity contribution in [3.63, 3.8) is 0 Å². The molecule has 1 aliphatic carbocycles. The number of carboxylic acids is 1. The number of hydrogen-bond acceptors (Lipinski definition) is 2. The van der Waals surface area contributed by atoms with Crippen molar-refractivity contribution in [3.05, 3.63) is 23.3 Å². The van der Waals surface area contributed by atoms with Gasteiger partial charge in [0.1, 0.15) is 6.61 Å². The number of hydrogen-bond donors (Lipinski definition) is 1. The van der Waals surface area contributed by atoms with E-state index in [-0.39, 0.29) is 18.1 Å². The smallest absolute Gasteiger partial charge is 0.329 e. The lowest BCUT2D eigenvalue weighted by atomic mass is 9.83. The first-order chi connectivity index (χ1) is 6.42. The van der Waals surface area contributed by atoms with Crippen molar-refractivity contribution in [1.29, 1.82) is 0 Å². The molecule has 14 heavy (non-hydrogen) atoms. The SMILES string of the molecule is CC1(C)C=C(Cl)C=CC1OCC(=O)O. The Bertz CT molecular complexity index is 292. The fraction of sp³-hybridized carbons (Fsp3) is 0.500. The summed E-state index contributed by atoms with van der Waals surface area (Å²) in [4.78, 5) is 10.3. The van der Waals surface area contributed by atoms with Crippen molar-refractivity contribution >= 4 is 17.6 Å². The maximum absolute atomic E-state index is 10.3. The molecule has 0 amide bonds. The molecule has 1 unspecified atom stereocenters. The molecule has 0 saturated carbocycles. The number of carbonyl (C=O) groups is 1. The van der Waals surface area contributed by atoms with Crippen LogP contribution in [-0.4, -0.2) is 23.8 Å². The van der Waals surface area contributed by atoms with E-state index in [4.69, 9.17) is 21.4 Å². The Labute approximate surface area is 88.0 Å². The van der Waals surface area contributed by atoms with E-state index in [0.717, 1.165) is 0 Å². The van der Waals surface area contributed by atoms with E-state index in [2.05, 4.69) is 0 Å². The molecule has 0 spiro atoms. The van der Waals surface area contributed by atoms with Crippen LogP contribution in [0.15, 0.2) is 23.3 Å². The lowest BCUT2D eigenvalue weighted by Crippen LogP contribution is -2.32. The molecule has 0 saturated heterocycles. The lowest BCUT2D eigenvalue weighted by molar-refractivity contribution is -0.144. The third-order valence-electron chi connectivity index (χ3n) is 2.06. The summed E-state index contributed by atoms with van der Waals surface area (Å²) in [5, 5.41) is 9.13. The molecule has 1 atom stereocenters. The minimum absolute atomic E-state index is 0.235. The molecule has 0 aromatic heterocycles. The quantitative estimate of drug-likeness (QED) is 0.787. The summed E-state index contributed by atoms with van der Waals surface area (Å²) in [5.74, 6) is -0.963. The third kappa shape index (κ3) is 2.86. The fourth-order valence-corrected chi connectivity index (χ4v) is 1.70. The second-order valence-electron chi connectivity index (χ2n) is 3.84. The van der Waals surface area contributed by atoms with Crippen LogP contribution >= 0.6 is 11.6 Å². The maximum Gasteiger partial charge on any atom is 0.329 e. The predicted molar refractivity (Wildman–Crippen MR) is 54.2 cm³/mol. The van der Waals surface area contributed by atoms with Crippen LogP contribution in [-0.2, 0) is 9.53 Å². The molecule has 4 heteroatoms. The van der Waals surface area contributed by atoms with E-state index in [1.165, 1.54) is 0 Å². The van der Waals surface area contributed by atoms with E-state index < -0.39 is 5.97 Å². The Hall–Kier alpha value is -0.800. The number of ether oxygens (including phenoxy) is 1. The molecular formula is C10H13ClO3. The van der Waals surface area contributed by atoms with Gasteiger partial charge in [0, 0.05) is 10.4 Å². The Kier molecular flexibility index (Phi) is 3.34. The van der Waals surface area contributed by atoms with Gasteiger partial charge >= 0.3 is 5.97 Å². The van der Waals surface area contributed by atoms with Crippen molar-refractivity contribution in [2.24, 2.45) is 5.41 Å². The summed E-state index contributed by atoms with van der Waals surface area (Å²) in [6.45, 7) is 3.61. The van der Waals surface area contributed by atoms with Crippen LogP contribution < -0.4 is 0 Å². The molecule has 0 aromatic rings. The van der Waals surface area contributed by atoms with Crippen LogP contribution in [0.25, 0.3) is 0 Å². The normalized spacial score (nSPS) is 24.5. The molecule has 0 radical (unpaired) electrons. The summed E-state index contributed by atoms with van der Waals surface area (Å²) in [7, 11) is 0. The molecule has 1 rings (SSSR count). The zero-order valence-corrected chi connectivity index (χ0v) is 8.91. The highest BCUT2D eigenvalue weighted by atomic mass is 35.5. The van der Waals surface area contributed by atoms with Crippen molar-refractivity contribution in [2.45, 2.75) is 20.0 Å². The van der Waals surface area contributed by atoms with E-state index in [1.54, 1.807) is 12.2 Å². The molecule has 0 aliphatic heterocycles. The predicted octanol–water partition coefficient (Wildman–Crippen LogP) is 2.17. The number of carboxylic acid groups (broad SMARTS) is 1. The van der Waals surface area contributed by atoms with Gasteiger partial charge in [-0.3, -0.25) is 0 Å². The third-order valence-corrected chi connectivity index (χ3v) is 2.29. The minimum atomic E-state index is -0.963. The van der Waals surface area contributed by atoms with Gasteiger partial charge in [-0.05, 0) is 6.08 Å². The van der Waals surface area contributed by atoms with Gasteiger partial charge in [-0.1, -0.05) is 37.6 Å². The van der Waals surface area contributed by atoms with Gasteiger partial charge in [-0.2, -0.15) is 0 Å². The van der Waals surface area contributed by atoms with Gasteiger partial charge in [0.2, 0.25) is 0 Å². The number of allylic oxidation sites excluding steroid dienone is 2. The Morgan fingerprint density at radius 2 is 2.36 bits per heavy atom. The van der Waals surface area contributed by atoms with Crippen molar-refractivity contribution in [2.75, 3.05) is 6.61 Å². The molecule has 0 heterocycles. The average molecular weight is 217 g/mol. The molecule has 0 fully saturated rings. The first-order valence-corrected chi connectivity index (χ1v) is 4.69. The minimum Gasteiger partial charge on any atom is -0.480 e. The number of rotatable bonds is 3. The molecule has 78 valence electrons. The second-order valence-corrected chi connectivity index (χ2v) is 4.27. The second kappa shape index (κ2) is 4.15. The molecule has 3 nitrogen and oxygen atoms in total. The van der Waals surface area contributed by atoms with E-state index >= 15 is 0 Å². The summed E-state index contributed by atoms with van der Waals surface area (Å²) < 4.78 is 5.22. The van der Waals surface area contributed by atoms with Gasteiger partial charge < -0.3 is 9.84 Å². The van der Waals surface area contributed by atoms with Crippen LogP contribution in [0.2, 0.25) is 0 Å². The number of halogens is 1. The average Bonchev–Trinajstić information content (AvgIpc) is 2.00. The maximum atomic E-state index is 10.3. The van der Waals surface area contributed by atoms with Crippen LogP contribution in [0, 0.1) is 5.41 Å². The highest BCUT2D eigenvalue weighted by molar-refractivity contribution is 6.31. The van der Waals surface area contributed by atoms with Gasteiger partial charge in [0.15, 0.2) is 0 Å². The Morgan fingerprint density at radius 3 is 2.86 bits per heavy atom. The molecule has 1 N–H and O–H groups in total. The Morgan fingerprint density at radius 1 is 1.71 bits per heavy atom. The van der Waals surface area contributed by atoms with Crippen molar-refractivity contribution in [3.8, 4) is 0 Å². The van der Waals surface area contributed by atoms with Crippen LogP contribution in [0.4, 0.5) is 0 Å². The standard InChI is InChI=1S/C10H13ClO3/c1-10(2)5-7(11)3-4-8(10)14-6-9(12)13/h3-5,8H,6H2,1-2H3,(H,12,13). The zero-order valence-electron chi connectivity index (χ0n) is 8.16. The van der Waals surface area contributed by atoms with Crippen LogP contribution in [0.5, 0.6) is 0 Å². The summed E-state index contributed by atoms with van der Waals surface area (Å²) in [5.41, 5.74) is -0.263. The lowest BCUT2D eigenvalue weighted by Gasteiger charge is -2.31. The van der Waals surface area contributed by atoms with Crippen molar-refractivity contribution in [1.82, 2.24) is 0 Å². The fourth-order valence-electron chi connectivity index (χ4n) is 1.34. The number of aliphatic carboxylic acids is 1. The molecule has 0 aromatic carbocycles. The van der Waals surface area contributed by atoms with Gasteiger partial charge in [-0.25, -0.2) is 4.79 Å². The molecular weight excluding hydrogens is 204 g/mol. The van der Waals surface area contributed by atoms with Crippen molar-refractivity contribution < 1.29 is 14.6 Å². The van der Waals surface area contributed by atoms with Crippen LogP contribution in [0.3, 0.4) is 0 Å². The largest absolute Gasteiger partial charge is 0.480 e. The van der Waals surface area contributed by atoms with Gasteiger partial charge in [-0.15, -0.1) is 0 Å². The van der Waals surface area contributed by atoms with Crippen LogP contribution in [0.1, 0.15) is 13.8 Å². The first kappa shape index (κ1) is 11.3. The topological polar surface area (TPSA) is 46.5 Å². The van der Waals surface area contributed by atoms with Gasteiger partial charge in [0.05, 0.1) is 6.10 Å². The zero-order chi connectivity index (χ0) is 10.8. The van der Waals surface area contributed by atoms with E-state index in [0.29, 0.717) is 5.03 Å². The van der Waals surface area contributed by atoms with Gasteiger partial charge in [0.25, 0.3) is 0 Å². The Balaban J connectivity index is 2.63. The molecule has 1 aliphatic rings.